The molecule has 0 aliphatic carbocycles. The molecule has 7 heteroatoms. The number of carbonyl (C=O) groups excluding carboxylic acids is 2. The Morgan fingerprint density at radius 1 is 1.12 bits per heavy atom. The van der Waals surface area contributed by atoms with Crippen LogP contribution >= 0.6 is 22.9 Å². The zero-order valence-corrected chi connectivity index (χ0v) is 14.1. The molecular formula is C17H12ClFN2O2S. The molecule has 2 aromatic carbocycles. The second-order valence-corrected chi connectivity index (χ2v) is 6.58. The number of hydrogen-bond donors (Lipinski definition) is 2. The summed E-state index contributed by atoms with van der Waals surface area (Å²) < 4.78 is 14.4. The molecule has 2 amide bonds. The monoisotopic (exact) mass is 362 g/mol. The van der Waals surface area contributed by atoms with E-state index in [2.05, 4.69) is 10.6 Å². The molecule has 3 aromatic rings. The van der Waals surface area contributed by atoms with Gasteiger partial charge in [0.25, 0.3) is 5.91 Å². The van der Waals surface area contributed by atoms with Gasteiger partial charge >= 0.3 is 0 Å². The lowest BCUT2D eigenvalue weighted by Crippen LogP contribution is -2.11. The third kappa shape index (κ3) is 3.39. The van der Waals surface area contributed by atoms with Crippen molar-refractivity contribution in [2.45, 2.75) is 6.92 Å². The summed E-state index contributed by atoms with van der Waals surface area (Å²) in [5, 5.41) is 6.03. The highest BCUT2D eigenvalue weighted by molar-refractivity contribution is 7.20. The van der Waals surface area contributed by atoms with Crippen LogP contribution in [0, 0.1) is 5.82 Å². The van der Waals surface area contributed by atoms with E-state index in [-0.39, 0.29) is 17.6 Å². The number of benzene rings is 2. The average Bonchev–Trinajstić information content (AvgIpc) is 2.95. The van der Waals surface area contributed by atoms with E-state index in [0.29, 0.717) is 31.4 Å². The molecule has 24 heavy (non-hydrogen) atoms. The zero-order chi connectivity index (χ0) is 17.3. The van der Waals surface area contributed by atoms with Crippen LogP contribution in [0.2, 0.25) is 5.02 Å². The smallest absolute Gasteiger partial charge is 0.265 e. The first-order valence-electron chi connectivity index (χ1n) is 7.00. The number of rotatable bonds is 3. The highest BCUT2D eigenvalue weighted by Gasteiger charge is 2.13. The Morgan fingerprint density at radius 3 is 2.58 bits per heavy atom. The molecule has 0 saturated heterocycles. The number of fused-ring (bicyclic) bond motifs is 1. The van der Waals surface area contributed by atoms with Crippen molar-refractivity contribution < 1.29 is 14.0 Å². The molecule has 0 spiro atoms. The number of thiophene rings is 1. The minimum atomic E-state index is -0.356. The standard InChI is InChI=1S/C17H12ClFN2O2S/c1-9(22)20-14-6-5-10(7-12(14)18)21-17(23)16-8-11-13(19)3-2-4-15(11)24-16/h2-8H,1H3,(H,20,22)(H,21,23). The molecule has 0 fully saturated rings. The third-order valence-electron chi connectivity index (χ3n) is 3.27. The average molecular weight is 363 g/mol. The van der Waals surface area contributed by atoms with Crippen molar-refractivity contribution >= 4 is 56.2 Å². The lowest BCUT2D eigenvalue weighted by atomic mass is 10.2. The Balaban J connectivity index is 1.82. The van der Waals surface area contributed by atoms with E-state index < -0.39 is 0 Å². The first kappa shape index (κ1) is 16.4. The molecule has 3 rings (SSSR count). The van der Waals surface area contributed by atoms with Crippen molar-refractivity contribution in [1.29, 1.82) is 0 Å². The predicted octanol–water partition coefficient (Wildman–Crippen LogP) is 4.90. The van der Waals surface area contributed by atoms with E-state index in [0.717, 1.165) is 0 Å². The van der Waals surface area contributed by atoms with Gasteiger partial charge in [-0.05, 0) is 36.4 Å². The summed E-state index contributed by atoms with van der Waals surface area (Å²) in [6, 6.07) is 11.0. The number of nitrogens with one attached hydrogen (secondary N) is 2. The molecule has 122 valence electrons. The van der Waals surface area contributed by atoms with Gasteiger partial charge in [0.05, 0.1) is 15.6 Å². The lowest BCUT2D eigenvalue weighted by Gasteiger charge is -2.08. The lowest BCUT2D eigenvalue weighted by molar-refractivity contribution is -0.114. The molecule has 0 aliphatic heterocycles. The maximum atomic E-state index is 13.7. The van der Waals surface area contributed by atoms with E-state index in [4.69, 9.17) is 11.6 Å². The van der Waals surface area contributed by atoms with Crippen molar-refractivity contribution in [3.8, 4) is 0 Å². The fraction of sp³-hybridized carbons (Fsp3) is 0.0588. The highest BCUT2D eigenvalue weighted by atomic mass is 35.5. The van der Waals surface area contributed by atoms with Crippen molar-refractivity contribution in [3.05, 3.63) is 58.2 Å². The normalized spacial score (nSPS) is 10.6. The second-order valence-electron chi connectivity index (χ2n) is 5.09. The predicted molar refractivity (Wildman–Crippen MR) is 95.5 cm³/mol. The summed E-state index contributed by atoms with van der Waals surface area (Å²) in [6.07, 6.45) is 0. The van der Waals surface area contributed by atoms with Crippen LogP contribution in [0.5, 0.6) is 0 Å². The molecule has 0 unspecified atom stereocenters. The topological polar surface area (TPSA) is 58.2 Å². The molecule has 2 N–H and O–H groups in total. The van der Waals surface area contributed by atoms with Crippen LogP contribution in [-0.4, -0.2) is 11.8 Å². The van der Waals surface area contributed by atoms with Gasteiger partial charge in [0, 0.05) is 22.7 Å². The Morgan fingerprint density at radius 2 is 1.92 bits per heavy atom. The van der Waals surface area contributed by atoms with Crippen molar-refractivity contribution in [3.63, 3.8) is 0 Å². The Hall–Kier alpha value is -2.44. The molecule has 0 atom stereocenters. The van der Waals surface area contributed by atoms with E-state index >= 15 is 0 Å². The van der Waals surface area contributed by atoms with Crippen molar-refractivity contribution in [2.75, 3.05) is 10.6 Å². The van der Waals surface area contributed by atoms with E-state index in [1.54, 1.807) is 30.3 Å². The molecule has 0 saturated carbocycles. The third-order valence-corrected chi connectivity index (χ3v) is 4.68. The number of halogens is 2. The van der Waals surface area contributed by atoms with Crippen LogP contribution < -0.4 is 10.6 Å². The maximum absolute atomic E-state index is 13.7. The molecule has 0 radical (unpaired) electrons. The van der Waals surface area contributed by atoms with Crippen molar-refractivity contribution in [1.82, 2.24) is 0 Å². The zero-order valence-electron chi connectivity index (χ0n) is 12.5. The van der Waals surface area contributed by atoms with E-state index in [9.17, 15) is 14.0 Å². The Kier molecular flexibility index (Phi) is 4.51. The Bertz CT molecular complexity index is 955. The van der Waals surface area contributed by atoms with Gasteiger partial charge in [-0.15, -0.1) is 11.3 Å². The summed E-state index contributed by atoms with van der Waals surface area (Å²) in [6.45, 7) is 1.38. The summed E-state index contributed by atoms with van der Waals surface area (Å²) in [4.78, 5) is 23.8. The van der Waals surface area contributed by atoms with Gasteiger partial charge in [0.1, 0.15) is 5.82 Å². The van der Waals surface area contributed by atoms with Crippen LogP contribution in [-0.2, 0) is 4.79 Å². The molecule has 0 bridgehead atoms. The number of hydrogen-bond acceptors (Lipinski definition) is 3. The van der Waals surface area contributed by atoms with Gasteiger partial charge in [-0.2, -0.15) is 0 Å². The Labute approximate surface area is 146 Å². The van der Waals surface area contributed by atoms with Crippen LogP contribution in [0.3, 0.4) is 0 Å². The van der Waals surface area contributed by atoms with Crippen molar-refractivity contribution in [2.24, 2.45) is 0 Å². The van der Waals surface area contributed by atoms with Gasteiger partial charge in [-0.25, -0.2) is 4.39 Å². The first-order valence-corrected chi connectivity index (χ1v) is 8.20. The van der Waals surface area contributed by atoms with E-state index in [1.165, 1.54) is 30.4 Å². The number of carbonyl (C=O) groups is 2. The summed E-state index contributed by atoms with van der Waals surface area (Å²) in [7, 11) is 0. The number of anilines is 2. The van der Waals surface area contributed by atoms with Gasteiger partial charge in [0.15, 0.2) is 0 Å². The van der Waals surface area contributed by atoms with Gasteiger partial charge in [0.2, 0.25) is 5.91 Å². The largest absolute Gasteiger partial charge is 0.325 e. The summed E-state index contributed by atoms with van der Waals surface area (Å²) >= 11 is 7.29. The molecule has 4 nitrogen and oxygen atoms in total. The van der Waals surface area contributed by atoms with E-state index in [1.807, 2.05) is 0 Å². The van der Waals surface area contributed by atoms with Gasteiger partial charge < -0.3 is 10.6 Å². The highest BCUT2D eigenvalue weighted by Crippen LogP contribution is 2.29. The summed E-state index contributed by atoms with van der Waals surface area (Å²) in [5.41, 5.74) is 0.947. The SMILES string of the molecule is CC(=O)Nc1ccc(NC(=O)c2cc3c(F)cccc3s2)cc1Cl. The van der Waals surface area contributed by atoms with Crippen LogP contribution in [0.1, 0.15) is 16.6 Å². The molecular weight excluding hydrogens is 351 g/mol. The van der Waals surface area contributed by atoms with Crippen LogP contribution in [0.15, 0.2) is 42.5 Å². The molecule has 0 aliphatic rings. The minimum Gasteiger partial charge on any atom is -0.325 e. The summed E-state index contributed by atoms with van der Waals surface area (Å²) in [5.74, 6) is -0.939. The second kappa shape index (κ2) is 6.59. The van der Waals surface area contributed by atoms with Crippen LogP contribution in [0.25, 0.3) is 10.1 Å². The first-order chi connectivity index (χ1) is 11.4. The fourth-order valence-corrected chi connectivity index (χ4v) is 3.41. The fourth-order valence-electron chi connectivity index (χ4n) is 2.21. The number of amides is 2. The van der Waals surface area contributed by atoms with Gasteiger partial charge in [-0.1, -0.05) is 17.7 Å². The van der Waals surface area contributed by atoms with Gasteiger partial charge in [-0.3, -0.25) is 9.59 Å². The minimum absolute atomic E-state index is 0.235. The maximum Gasteiger partial charge on any atom is 0.265 e. The molecule has 1 aromatic heterocycles. The van der Waals surface area contributed by atoms with Crippen LogP contribution in [0.4, 0.5) is 15.8 Å². The molecule has 1 heterocycles. The quantitative estimate of drug-likeness (QED) is 0.695.